The van der Waals surface area contributed by atoms with Gasteiger partial charge in [-0.25, -0.2) is 9.78 Å². The highest BCUT2D eigenvalue weighted by atomic mass is 16.6. The van der Waals surface area contributed by atoms with E-state index in [0.717, 1.165) is 31.0 Å². The van der Waals surface area contributed by atoms with Gasteiger partial charge in [-0.15, -0.1) is 0 Å². The summed E-state index contributed by atoms with van der Waals surface area (Å²) in [7, 11) is 0. The second-order valence-corrected chi connectivity index (χ2v) is 6.04. The number of aryl methyl sites for hydroxylation is 1. The summed E-state index contributed by atoms with van der Waals surface area (Å²) in [6.45, 7) is 9.11. The van der Waals surface area contributed by atoms with Crippen LogP contribution in [0.25, 0.3) is 0 Å². The second kappa shape index (κ2) is 5.64. The molecule has 1 N–H and O–H groups in total. The standard InChI is InChI=1S/C14H22N4O2/c1-10-12(16-7-6-15-10)18-8-5-11(9-18)17-13(19)20-14(2,3)4/h6-7,11H,5,8-9H2,1-4H3,(H,17,19)/t11-/m1/s1. The minimum atomic E-state index is -0.468. The Morgan fingerprint density at radius 3 is 2.75 bits per heavy atom. The van der Waals surface area contributed by atoms with Gasteiger partial charge < -0.3 is 15.0 Å². The molecule has 1 saturated heterocycles. The number of carbonyl (C=O) groups is 1. The lowest BCUT2D eigenvalue weighted by Gasteiger charge is -2.22. The van der Waals surface area contributed by atoms with Gasteiger partial charge in [-0.05, 0) is 34.1 Å². The van der Waals surface area contributed by atoms with E-state index in [9.17, 15) is 4.79 Å². The maximum Gasteiger partial charge on any atom is 0.407 e. The zero-order valence-corrected chi connectivity index (χ0v) is 12.5. The number of aromatic nitrogens is 2. The molecule has 1 aromatic rings. The van der Waals surface area contributed by atoms with Crippen molar-refractivity contribution in [3.8, 4) is 0 Å². The molecule has 6 nitrogen and oxygen atoms in total. The monoisotopic (exact) mass is 278 g/mol. The predicted octanol–water partition coefficient (Wildman–Crippen LogP) is 1.89. The van der Waals surface area contributed by atoms with Gasteiger partial charge in [0.2, 0.25) is 0 Å². The number of hydrogen-bond acceptors (Lipinski definition) is 5. The first-order valence-electron chi connectivity index (χ1n) is 6.87. The molecule has 2 heterocycles. The number of hydrogen-bond donors (Lipinski definition) is 1. The molecule has 0 aliphatic carbocycles. The second-order valence-electron chi connectivity index (χ2n) is 6.04. The third-order valence-corrected chi connectivity index (χ3v) is 3.06. The van der Waals surface area contributed by atoms with E-state index in [4.69, 9.17) is 4.74 Å². The molecule has 0 spiro atoms. The van der Waals surface area contributed by atoms with E-state index in [2.05, 4.69) is 20.2 Å². The largest absolute Gasteiger partial charge is 0.444 e. The Morgan fingerprint density at radius 1 is 1.40 bits per heavy atom. The van der Waals surface area contributed by atoms with Crippen molar-refractivity contribution in [2.45, 2.75) is 45.8 Å². The van der Waals surface area contributed by atoms with Gasteiger partial charge in [-0.3, -0.25) is 4.98 Å². The molecule has 1 atom stereocenters. The van der Waals surface area contributed by atoms with Crippen molar-refractivity contribution in [3.05, 3.63) is 18.1 Å². The summed E-state index contributed by atoms with van der Waals surface area (Å²) in [6, 6.07) is 0.0891. The van der Waals surface area contributed by atoms with Crippen molar-refractivity contribution in [3.63, 3.8) is 0 Å². The SMILES string of the molecule is Cc1nccnc1N1CC[C@@H](NC(=O)OC(C)(C)C)C1. The van der Waals surface area contributed by atoms with E-state index in [1.165, 1.54) is 0 Å². The van der Waals surface area contributed by atoms with E-state index in [1.54, 1.807) is 12.4 Å². The number of ether oxygens (including phenoxy) is 1. The van der Waals surface area contributed by atoms with E-state index in [-0.39, 0.29) is 12.1 Å². The van der Waals surface area contributed by atoms with Gasteiger partial charge in [0.1, 0.15) is 11.4 Å². The Labute approximate surface area is 119 Å². The fourth-order valence-electron chi connectivity index (χ4n) is 2.26. The van der Waals surface area contributed by atoms with Crippen LogP contribution in [0.5, 0.6) is 0 Å². The van der Waals surface area contributed by atoms with Crippen molar-refractivity contribution >= 4 is 11.9 Å². The van der Waals surface area contributed by atoms with Gasteiger partial charge >= 0.3 is 6.09 Å². The number of alkyl carbamates (subject to hydrolysis) is 1. The normalized spacial score (nSPS) is 19.0. The molecule has 0 radical (unpaired) electrons. The summed E-state index contributed by atoms with van der Waals surface area (Å²) >= 11 is 0. The minimum Gasteiger partial charge on any atom is -0.444 e. The van der Waals surface area contributed by atoms with Crippen molar-refractivity contribution in [1.29, 1.82) is 0 Å². The van der Waals surface area contributed by atoms with Crippen LogP contribution in [0.4, 0.5) is 10.6 Å². The molecule has 1 amide bonds. The Kier molecular flexibility index (Phi) is 4.11. The molecule has 6 heteroatoms. The number of nitrogens with zero attached hydrogens (tertiary/aromatic N) is 3. The summed E-state index contributed by atoms with van der Waals surface area (Å²) in [6.07, 6.45) is 3.90. The van der Waals surface area contributed by atoms with Crippen LogP contribution in [-0.4, -0.2) is 40.8 Å². The van der Waals surface area contributed by atoms with Crippen molar-refractivity contribution in [2.75, 3.05) is 18.0 Å². The molecule has 1 aliphatic heterocycles. The molecular weight excluding hydrogens is 256 g/mol. The van der Waals surface area contributed by atoms with Gasteiger partial charge in [-0.2, -0.15) is 0 Å². The molecule has 2 rings (SSSR count). The van der Waals surface area contributed by atoms with Crippen LogP contribution >= 0.6 is 0 Å². The molecule has 0 unspecified atom stereocenters. The van der Waals surface area contributed by atoms with Crippen LogP contribution in [-0.2, 0) is 4.74 Å². The van der Waals surface area contributed by atoms with Crippen LogP contribution in [0.3, 0.4) is 0 Å². The smallest absolute Gasteiger partial charge is 0.407 e. The topological polar surface area (TPSA) is 67.4 Å². The number of anilines is 1. The maximum absolute atomic E-state index is 11.7. The quantitative estimate of drug-likeness (QED) is 0.894. The summed E-state index contributed by atoms with van der Waals surface area (Å²) in [5, 5.41) is 2.90. The number of carbonyl (C=O) groups excluding carboxylic acids is 1. The first-order valence-corrected chi connectivity index (χ1v) is 6.87. The molecule has 1 aromatic heterocycles. The van der Waals surface area contributed by atoms with Crippen LogP contribution < -0.4 is 10.2 Å². The van der Waals surface area contributed by atoms with Gasteiger partial charge in [-0.1, -0.05) is 0 Å². The van der Waals surface area contributed by atoms with Crippen molar-refractivity contribution < 1.29 is 9.53 Å². The first-order chi connectivity index (χ1) is 9.35. The summed E-state index contributed by atoms with van der Waals surface area (Å²) in [4.78, 5) is 22.5. The van der Waals surface area contributed by atoms with Gasteiger partial charge in [0.25, 0.3) is 0 Å². The van der Waals surface area contributed by atoms with Crippen LogP contribution in [0, 0.1) is 6.92 Å². The van der Waals surface area contributed by atoms with Crippen LogP contribution in [0.2, 0.25) is 0 Å². The highest BCUT2D eigenvalue weighted by Gasteiger charge is 2.27. The summed E-state index contributed by atoms with van der Waals surface area (Å²) in [5.41, 5.74) is 0.439. The first kappa shape index (κ1) is 14.6. The van der Waals surface area contributed by atoms with Crippen LogP contribution in [0.15, 0.2) is 12.4 Å². The Morgan fingerprint density at radius 2 is 2.10 bits per heavy atom. The molecule has 0 saturated carbocycles. The maximum atomic E-state index is 11.7. The van der Waals surface area contributed by atoms with E-state index in [0.29, 0.717) is 0 Å². The highest BCUT2D eigenvalue weighted by molar-refractivity contribution is 5.68. The minimum absolute atomic E-state index is 0.0891. The number of amides is 1. The Balaban J connectivity index is 1.90. The highest BCUT2D eigenvalue weighted by Crippen LogP contribution is 2.20. The van der Waals surface area contributed by atoms with E-state index < -0.39 is 5.60 Å². The average molecular weight is 278 g/mol. The summed E-state index contributed by atoms with van der Waals surface area (Å²) < 4.78 is 5.27. The summed E-state index contributed by atoms with van der Waals surface area (Å²) in [5.74, 6) is 0.890. The van der Waals surface area contributed by atoms with Crippen molar-refractivity contribution in [2.24, 2.45) is 0 Å². The lowest BCUT2D eigenvalue weighted by atomic mass is 10.2. The third kappa shape index (κ3) is 3.82. The average Bonchev–Trinajstić information content (AvgIpc) is 2.75. The fraction of sp³-hybridized carbons (Fsp3) is 0.643. The van der Waals surface area contributed by atoms with Gasteiger partial charge in [0.15, 0.2) is 0 Å². The third-order valence-electron chi connectivity index (χ3n) is 3.06. The van der Waals surface area contributed by atoms with Gasteiger partial charge in [0.05, 0.1) is 11.7 Å². The molecule has 1 fully saturated rings. The zero-order valence-electron chi connectivity index (χ0n) is 12.5. The molecular formula is C14H22N4O2. The lowest BCUT2D eigenvalue weighted by molar-refractivity contribution is 0.0509. The van der Waals surface area contributed by atoms with Crippen LogP contribution in [0.1, 0.15) is 32.9 Å². The predicted molar refractivity (Wildman–Crippen MR) is 76.8 cm³/mol. The Hall–Kier alpha value is -1.85. The van der Waals surface area contributed by atoms with E-state index >= 15 is 0 Å². The number of nitrogens with one attached hydrogen (secondary N) is 1. The fourth-order valence-corrected chi connectivity index (χ4v) is 2.26. The van der Waals surface area contributed by atoms with Crippen molar-refractivity contribution in [1.82, 2.24) is 15.3 Å². The van der Waals surface area contributed by atoms with Gasteiger partial charge in [0, 0.05) is 25.5 Å². The number of rotatable bonds is 2. The molecule has 20 heavy (non-hydrogen) atoms. The van der Waals surface area contributed by atoms with E-state index in [1.807, 2.05) is 27.7 Å². The Bertz CT molecular complexity index is 484. The molecule has 0 bridgehead atoms. The zero-order chi connectivity index (χ0) is 14.8. The lowest BCUT2D eigenvalue weighted by Crippen LogP contribution is -2.40. The molecule has 1 aliphatic rings. The molecule has 0 aromatic carbocycles. The molecule has 110 valence electrons.